The Bertz CT molecular complexity index is 3770. The van der Waals surface area contributed by atoms with Crippen molar-refractivity contribution in [1.82, 2.24) is 0 Å². The zero-order chi connectivity index (χ0) is 52.1. The smallest absolute Gasteiger partial charge is 0.252 e. The van der Waals surface area contributed by atoms with E-state index in [0.717, 1.165) is 6.42 Å². The second-order valence-electron chi connectivity index (χ2n) is 27.1. The van der Waals surface area contributed by atoms with Crippen LogP contribution in [0.15, 0.2) is 152 Å². The fraction of sp³-hybridized carbons (Fsp3) is 0.324. The molecule has 0 spiro atoms. The van der Waals surface area contributed by atoms with Gasteiger partial charge < -0.3 is 14.7 Å². The molecule has 0 saturated heterocycles. The summed E-state index contributed by atoms with van der Waals surface area (Å²) in [7, 11) is 0. The van der Waals surface area contributed by atoms with Crippen LogP contribution in [0.4, 0.5) is 45.5 Å². The summed E-state index contributed by atoms with van der Waals surface area (Å²) in [6.45, 7) is 31.4. The van der Waals surface area contributed by atoms with Gasteiger partial charge in [-0.25, -0.2) is 0 Å². The fourth-order valence-corrected chi connectivity index (χ4v) is 15.6. The highest BCUT2D eigenvalue weighted by molar-refractivity contribution is 7.00. The second-order valence-corrected chi connectivity index (χ2v) is 27.1. The van der Waals surface area contributed by atoms with Crippen molar-refractivity contribution >= 4 is 68.6 Å². The van der Waals surface area contributed by atoms with E-state index < -0.39 is 0 Å². The van der Waals surface area contributed by atoms with Gasteiger partial charge in [-0.05, 0) is 176 Å². The zero-order valence-corrected chi connectivity index (χ0v) is 46.7. The van der Waals surface area contributed by atoms with E-state index in [1.807, 2.05) is 0 Å². The number of aryl methyl sites for hydroxylation is 1. The first-order valence-corrected chi connectivity index (χ1v) is 28.1. The van der Waals surface area contributed by atoms with Crippen LogP contribution < -0.4 is 31.1 Å². The predicted octanol–water partition coefficient (Wildman–Crippen LogP) is 17.0. The lowest BCUT2D eigenvalue weighted by atomic mass is 9.32. The number of hydrogen-bond donors (Lipinski definition) is 0. The van der Waals surface area contributed by atoms with Crippen molar-refractivity contribution in [3.8, 4) is 22.3 Å². The molecule has 4 aliphatic heterocycles. The van der Waals surface area contributed by atoms with Gasteiger partial charge in [-0.1, -0.05) is 185 Å². The van der Waals surface area contributed by atoms with E-state index in [0.29, 0.717) is 0 Å². The van der Waals surface area contributed by atoms with Gasteiger partial charge in [0.2, 0.25) is 0 Å². The van der Waals surface area contributed by atoms with Crippen LogP contribution in [-0.4, -0.2) is 12.3 Å². The van der Waals surface area contributed by atoms with Crippen molar-refractivity contribution in [2.45, 2.75) is 148 Å². The molecule has 3 nitrogen and oxygen atoms in total. The molecule has 374 valence electrons. The van der Waals surface area contributed by atoms with Crippen LogP contribution in [-0.2, 0) is 27.1 Å². The second kappa shape index (κ2) is 15.2. The Balaban J connectivity index is 1.09. The summed E-state index contributed by atoms with van der Waals surface area (Å²) in [6, 6.07) is 60.2. The van der Waals surface area contributed by atoms with E-state index in [1.54, 1.807) is 0 Å². The molecule has 8 aromatic carbocycles. The van der Waals surface area contributed by atoms with Crippen LogP contribution in [0.2, 0.25) is 0 Å². The van der Waals surface area contributed by atoms with Crippen molar-refractivity contribution in [1.29, 1.82) is 0 Å². The standard InChI is InChI=1S/C71H72BN3/c1-43-38-61-64-65-62(43)71(13)52-26-18-17-24-49(52)50-25-21-27-58(63(50)71)74(65)60-42-48(75-57-35-30-46(67(5,6)7)40-53(57)69(11)36-19-20-37-70(69,75)12)31-33-55(60)72(64)54-32-28-47(68(8,9)10)41-59(54)73(61)56-34-29-45(66(2,3)4)39-51(56)44-22-15-14-16-23-44/h14-18,21-35,38-42H,19-20,36-37H2,1-13H3. The molecule has 1 fully saturated rings. The van der Waals surface area contributed by atoms with Gasteiger partial charge in [-0.2, -0.15) is 0 Å². The molecule has 0 aromatic heterocycles. The first-order chi connectivity index (χ1) is 35.6. The topological polar surface area (TPSA) is 9.72 Å². The summed E-state index contributed by atoms with van der Waals surface area (Å²) in [5.41, 5.74) is 30.5. The summed E-state index contributed by atoms with van der Waals surface area (Å²) in [6.07, 6.45) is 4.86. The van der Waals surface area contributed by atoms with Crippen LogP contribution in [0, 0.1) is 6.92 Å². The molecule has 3 atom stereocenters. The van der Waals surface area contributed by atoms with Crippen LogP contribution in [0.5, 0.6) is 0 Å². The maximum Gasteiger partial charge on any atom is 0.252 e. The minimum absolute atomic E-state index is 0.00957. The largest absolute Gasteiger partial charge is 0.334 e. The van der Waals surface area contributed by atoms with Gasteiger partial charge in [0.05, 0.1) is 16.9 Å². The van der Waals surface area contributed by atoms with Crippen molar-refractivity contribution < 1.29 is 0 Å². The third-order valence-electron chi connectivity index (χ3n) is 19.7. The molecule has 3 unspecified atom stereocenters. The van der Waals surface area contributed by atoms with Gasteiger partial charge in [0.25, 0.3) is 6.71 Å². The average molecular weight is 978 g/mol. The molecule has 2 aliphatic carbocycles. The van der Waals surface area contributed by atoms with E-state index in [9.17, 15) is 0 Å². The molecular formula is C71H72BN3. The fourth-order valence-electron chi connectivity index (χ4n) is 15.6. The summed E-state index contributed by atoms with van der Waals surface area (Å²) >= 11 is 0. The predicted molar refractivity (Wildman–Crippen MR) is 321 cm³/mol. The molecule has 4 heterocycles. The van der Waals surface area contributed by atoms with Crippen LogP contribution in [0.3, 0.4) is 0 Å². The highest BCUT2D eigenvalue weighted by atomic mass is 15.3. The van der Waals surface area contributed by atoms with Crippen molar-refractivity contribution in [2.75, 3.05) is 14.7 Å². The van der Waals surface area contributed by atoms with Gasteiger partial charge in [0.15, 0.2) is 0 Å². The van der Waals surface area contributed by atoms with Crippen LogP contribution >= 0.6 is 0 Å². The maximum atomic E-state index is 2.81. The summed E-state index contributed by atoms with van der Waals surface area (Å²) in [5.74, 6) is 0. The third kappa shape index (κ3) is 6.12. The number of nitrogens with zero attached hydrogens (tertiary/aromatic N) is 3. The molecule has 0 amide bonds. The Morgan fingerprint density at radius 2 is 1.07 bits per heavy atom. The van der Waals surface area contributed by atoms with Crippen LogP contribution in [0.25, 0.3) is 22.3 Å². The molecule has 0 N–H and O–H groups in total. The number of fused-ring (bicyclic) bond motifs is 13. The lowest BCUT2D eigenvalue weighted by Crippen LogP contribution is -2.62. The SMILES string of the molecule is Cc1cc2c3c4c1C1(C)c5ccccc5-c5cccc(c51)N4c1cc(N4c5ccc(C(C)(C)C)cc5C5(C)CCCCC45C)ccc1B3c1ccc(C(C)(C)C)cc1N2c1ccc(C(C)(C)C)cc1-c1ccccc1. The Kier molecular flexibility index (Phi) is 9.48. The molecular weight excluding hydrogens is 906 g/mol. The minimum Gasteiger partial charge on any atom is -0.334 e. The average Bonchev–Trinajstić information content (AvgIpc) is 3.84. The monoisotopic (exact) mass is 978 g/mol. The number of benzene rings is 8. The first-order valence-electron chi connectivity index (χ1n) is 28.1. The molecule has 14 rings (SSSR count). The molecule has 0 bridgehead atoms. The molecule has 1 saturated carbocycles. The lowest BCUT2D eigenvalue weighted by Gasteiger charge is -2.52. The summed E-state index contributed by atoms with van der Waals surface area (Å²) in [4.78, 5) is 8.26. The molecule has 4 heteroatoms. The van der Waals surface area contributed by atoms with E-state index in [-0.39, 0.29) is 39.3 Å². The minimum atomic E-state index is -0.367. The van der Waals surface area contributed by atoms with Gasteiger partial charge in [0, 0.05) is 50.5 Å². The van der Waals surface area contributed by atoms with Crippen molar-refractivity contribution in [2.24, 2.45) is 0 Å². The van der Waals surface area contributed by atoms with Gasteiger partial charge in [-0.3, -0.25) is 0 Å². The molecule has 0 radical (unpaired) electrons. The Morgan fingerprint density at radius 3 is 1.80 bits per heavy atom. The highest BCUT2D eigenvalue weighted by Gasteiger charge is 2.59. The highest BCUT2D eigenvalue weighted by Crippen LogP contribution is 2.66. The number of anilines is 8. The van der Waals surface area contributed by atoms with E-state index in [2.05, 4.69) is 256 Å². The van der Waals surface area contributed by atoms with Crippen LogP contribution in [0.1, 0.15) is 153 Å². The van der Waals surface area contributed by atoms with Gasteiger partial charge in [0.1, 0.15) is 0 Å². The van der Waals surface area contributed by atoms with Gasteiger partial charge >= 0.3 is 0 Å². The Labute approximate surface area is 447 Å². The first kappa shape index (κ1) is 46.7. The lowest BCUT2D eigenvalue weighted by molar-refractivity contribution is 0.195. The summed E-state index contributed by atoms with van der Waals surface area (Å²) < 4.78 is 0. The molecule has 8 aromatic rings. The summed E-state index contributed by atoms with van der Waals surface area (Å²) in [5, 5.41) is 0. The molecule has 75 heavy (non-hydrogen) atoms. The number of rotatable bonds is 3. The maximum absolute atomic E-state index is 2.81. The Morgan fingerprint density at radius 1 is 0.453 bits per heavy atom. The molecule has 6 aliphatic rings. The van der Waals surface area contributed by atoms with Crippen molar-refractivity contribution in [3.05, 3.63) is 196 Å². The van der Waals surface area contributed by atoms with E-state index in [4.69, 9.17) is 0 Å². The van der Waals surface area contributed by atoms with E-state index >= 15 is 0 Å². The number of hydrogen-bond acceptors (Lipinski definition) is 3. The van der Waals surface area contributed by atoms with Crippen molar-refractivity contribution in [3.63, 3.8) is 0 Å². The zero-order valence-electron chi connectivity index (χ0n) is 46.7. The normalized spacial score (nSPS) is 21.5. The quantitative estimate of drug-likeness (QED) is 0.163. The third-order valence-corrected chi connectivity index (χ3v) is 19.7. The van der Waals surface area contributed by atoms with Gasteiger partial charge in [-0.15, -0.1) is 0 Å². The van der Waals surface area contributed by atoms with E-state index in [1.165, 1.54) is 148 Å². The Hall–Kier alpha value is -6.78.